The van der Waals surface area contributed by atoms with E-state index in [9.17, 15) is 18.0 Å². The van der Waals surface area contributed by atoms with E-state index in [4.69, 9.17) is 9.47 Å². The highest BCUT2D eigenvalue weighted by Gasteiger charge is 2.38. The molecule has 1 aliphatic heterocycles. The van der Waals surface area contributed by atoms with Crippen LogP contribution in [0.5, 0.6) is 5.88 Å². The second kappa shape index (κ2) is 7.28. The summed E-state index contributed by atoms with van der Waals surface area (Å²) in [5, 5.41) is 3.30. The van der Waals surface area contributed by atoms with Crippen LogP contribution in [-0.2, 0) is 10.9 Å². The number of likely N-dealkylation sites (tertiary alicyclic amines) is 1. The summed E-state index contributed by atoms with van der Waals surface area (Å²) in [6.45, 7) is 6.24. The van der Waals surface area contributed by atoms with Gasteiger partial charge in [0.1, 0.15) is 11.7 Å². The van der Waals surface area contributed by atoms with E-state index in [-0.39, 0.29) is 23.4 Å². The zero-order valence-electron chi connectivity index (χ0n) is 15.5. The molecule has 2 aromatic rings. The SMILES string of the molecule is CC(C)(C)OC(=O)N1CC[C@H](Oc2ccc(-c3noc(C(F)(F)F)n3)cn2)C1. The van der Waals surface area contributed by atoms with E-state index in [0.717, 1.165) is 0 Å². The number of ether oxygens (including phenoxy) is 2. The van der Waals surface area contributed by atoms with Crippen molar-refractivity contribution in [3.8, 4) is 17.3 Å². The van der Waals surface area contributed by atoms with Crippen LogP contribution in [0.25, 0.3) is 11.4 Å². The van der Waals surface area contributed by atoms with E-state index in [2.05, 4.69) is 19.6 Å². The van der Waals surface area contributed by atoms with Gasteiger partial charge in [-0.25, -0.2) is 9.78 Å². The molecule has 8 nitrogen and oxygen atoms in total. The van der Waals surface area contributed by atoms with E-state index in [0.29, 0.717) is 19.5 Å². The van der Waals surface area contributed by atoms with Gasteiger partial charge in [0.15, 0.2) is 0 Å². The van der Waals surface area contributed by atoms with Crippen LogP contribution in [0, 0.1) is 0 Å². The first-order chi connectivity index (χ1) is 13.0. The summed E-state index contributed by atoms with van der Waals surface area (Å²) < 4.78 is 52.8. The van der Waals surface area contributed by atoms with Crippen LogP contribution >= 0.6 is 0 Å². The molecule has 3 heterocycles. The fourth-order valence-electron chi connectivity index (χ4n) is 2.53. The van der Waals surface area contributed by atoms with Gasteiger partial charge in [0.05, 0.1) is 6.54 Å². The maximum Gasteiger partial charge on any atom is 0.471 e. The average molecular weight is 400 g/mol. The van der Waals surface area contributed by atoms with Crippen molar-refractivity contribution < 1.29 is 32.0 Å². The Kier molecular flexibility index (Phi) is 5.18. The summed E-state index contributed by atoms with van der Waals surface area (Å²) in [5.41, 5.74) is -0.317. The zero-order valence-corrected chi connectivity index (χ0v) is 15.5. The van der Waals surface area contributed by atoms with Gasteiger partial charge in [-0.3, -0.25) is 0 Å². The highest BCUT2D eigenvalue weighted by Crippen LogP contribution is 2.29. The summed E-state index contributed by atoms with van der Waals surface area (Å²) in [6.07, 6.45) is -3.46. The summed E-state index contributed by atoms with van der Waals surface area (Å²) >= 11 is 0. The van der Waals surface area contributed by atoms with E-state index in [1.807, 2.05) is 0 Å². The molecule has 0 aliphatic carbocycles. The minimum Gasteiger partial charge on any atom is -0.472 e. The number of hydrogen-bond donors (Lipinski definition) is 0. The standard InChI is InChI=1S/C17H19F3N4O4/c1-16(2,3)27-15(25)24-7-6-11(9-24)26-12-5-4-10(8-21-12)13-22-14(28-23-13)17(18,19)20/h4-5,8,11H,6-7,9H2,1-3H3/t11-/m0/s1. The van der Waals surface area contributed by atoms with Gasteiger partial charge in [-0.05, 0) is 26.8 Å². The number of carbonyl (C=O) groups is 1. The maximum absolute atomic E-state index is 12.5. The van der Waals surface area contributed by atoms with Gasteiger partial charge in [0.25, 0.3) is 0 Å². The predicted octanol–water partition coefficient (Wildman–Crippen LogP) is 3.54. The maximum atomic E-state index is 12.5. The molecule has 1 saturated heterocycles. The van der Waals surface area contributed by atoms with Crippen molar-refractivity contribution in [1.29, 1.82) is 0 Å². The molecule has 0 N–H and O–H groups in total. The van der Waals surface area contributed by atoms with Gasteiger partial charge in [-0.1, -0.05) is 5.16 Å². The van der Waals surface area contributed by atoms with Crippen molar-refractivity contribution in [3.63, 3.8) is 0 Å². The first-order valence-electron chi connectivity index (χ1n) is 8.53. The fourth-order valence-corrected chi connectivity index (χ4v) is 2.53. The molecule has 2 aromatic heterocycles. The number of hydrogen-bond acceptors (Lipinski definition) is 7. The van der Waals surface area contributed by atoms with Crippen LogP contribution < -0.4 is 4.74 Å². The molecule has 0 radical (unpaired) electrons. The molecular formula is C17H19F3N4O4. The van der Waals surface area contributed by atoms with Gasteiger partial charge in [0, 0.05) is 30.8 Å². The molecule has 0 unspecified atom stereocenters. The predicted molar refractivity (Wildman–Crippen MR) is 89.4 cm³/mol. The molecular weight excluding hydrogens is 381 g/mol. The number of alkyl halides is 3. The molecule has 3 rings (SSSR count). The number of amides is 1. The molecule has 1 atom stereocenters. The summed E-state index contributed by atoms with van der Waals surface area (Å²) in [4.78, 5) is 21.0. The first kappa shape index (κ1) is 19.9. The molecule has 152 valence electrons. The van der Waals surface area contributed by atoms with Crippen LogP contribution in [0.15, 0.2) is 22.9 Å². The topological polar surface area (TPSA) is 90.6 Å². The Bertz CT molecular complexity index is 830. The fraction of sp³-hybridized carbons (Fsp3) is 0.529. The summed E-state index contributed by atoms with van der Waals surface area (Å²) in [7, 11) is 0. The quantitative estimate of drug-likeness (QED) is 0.778. The van der Waals surface area contributed by atoms with Gasteiger partial charge in [-0.15, -0.1) is 0 Å². The molecule has 0 bridgehead atoms. The number of rotatable bonds is 3. The van der Waals surface area contributed by atoms with Crippen LogP contribution in [0.4, 0.5) is 18.0 Å². The molecule has 1 fully saturated rings. The van der Waals surface area contributed by atoms with Crippen molar-refractivity contribution in [3.05, 3.63) is 24.2 Å². The molecule has 0 spiro atoms. The van der Waals surface area contributed by atoms with Crippen molar-refractivity contribution >= 4 is 6.09 Å². The normalized spacial score (nSPS) is 17.6. The van der Waals surface area contributed by atoms with Crippen molar-refractivity contribution in [2.45, 2.75) is 45.1 Å². The number of halogens is 3. The Hall–Kier alpha value is -2.85. The lowest BCUT2D eigenvalue weighted by Crippen LogP contribution is -2.36. The lowest BCUT2D eigenvalue weighted by Gasteiger charge is -2.24. The van der Waals surface area contributed by atoms with Crippen LogP contribution in [0.2, 0.25) is 0 Å². The Labute approximate surface area is 158 Å². The number of pyridine rings is 1. The number of aromatic nitrogens is 3. The molecule has 0 saturated carbocycles. The first-order valence-corrected chi connectivity index (χ1v) is 8.53. The average Bonchev–Trinajstić information content (AvgIpc) is 3.23. The Morgan fingerprint density at radius 2 is 2.04 bits per heavy atom. The molecule has 1 amide bonds. The van der Waals surface area contributed by atoms with Gasteiger partial charge < -0.3 is 18.9 Å². The minimum atomic E-state index is -4.70. The third-order valence-electron chi connectivity index (χ3n) is 3.75. The van der Waals surface area contributed by atoms with Crippen LogP contribution in [0.1, 0.15) is 33.1 Å². The Morgan fingerprint density at radius 1 is 1.29 bits per heavy atom. The second-order valence-corrected chi connectivity index (χ2v) is 7.26. The smallest absolute Gasteiger partial charge is 0.471 e. The molecule has 28 heavy (non-hydrogen) atoms. The number of nitrogens with zero attached hydrogens (tertiary/aromatic N) is 4. The largest absolute Gasteiger partial charge is 0.472 e. The van der Waals surface area contributed by atoms with Crippen molar-refractivity contribution in [2.24, 2.45) is 0 Å². The van der Waals surface area contributed by atoms with E-state index in [1.165, 1.54) is 18.3 Å². The Morgan fingerprint density at radius 3 is 2.61 bits per heavy atom. The lowest BCUT2D eigenvalue weighted by molar-refractivity contribution is -0.159. The summed E-state index contributed by atoms with van der Waals surface area (Å²) in [6, 6.07) is 2.98. The third-order valence-corrected chi connectivity index (χ3v) is 3.75. The minimum absolute atomic E-state index is 0.219. The van der Waals surface area contributed by atoms with E-state index < -0.39 is 23.8 Å². The van der Waals surface area contributed by atoms with Crippen molar-refractivity contribution in [2.75, 3.05) is 13.1 Å². The Balaban J connectivity index is 1.58. The van der Waals surface area contributed by atoms with Crippen LogP contribution in [0.3, 0.4) is 0 Å². The number of carbonyl (C=O) groups excluding carboxylic acids is 1. The van der Waals surface area contributed by atoms with Gasteiger partial charge in [-0.2, -0.15) is 18.2 Å². The highest BCUT2D eigenvalue weighted by molar-refractivity contribution is 5.68. The molecule has 1 aliphatic rings. The molecule has 11 heteroatoms. The highest BCUT2D eigenvalue weighted by atomic mass is 19.4. The zero-order chi connectivity index (χ0) is 20.5. The second-order valence-electron chi connectivity index (χ2n) is 7.26. The van der Waals surface area contributed by atoms with Crippen LogP contribution in [-0.4, -0.2) is 50.9 Å². The molecule has 0 aromatic carbocycles. The van der Waals surface area contributed by atoms with Crippen molar-refractivity contribution in [1.82, 2.24) is 20.0 Å². The summed E-state index contributed by atoms with van der Waals surface area (Å²) in [5.74, 6) is -1.36. The van der Waals surface area contributed by atoms with Gasteiger partial charge in [0.2, 0.25) is 11.7 Å². The van der Waals surface area contributed by atoms with E-state index in [1.54, 1.807) is 25.7 Å². The monoisotopic (exact) mass is 400 g/mol. The van der Waals surface area contributed by atoms with E-state index >= 15 is 0 Å². The van der Waals surface area contributed by atoms with Gasteiger partial charge >= 0.3 is 18.2 Å². The third kappa shape index (κ3) is 4.90. The lowest BCUT2D eigenvalue weighted by atomic mass is 10.2.